The Morgan fingerprint density at radius 2 is 2.14 bits per heavy atom. The molecule has 0 atom stereocenters. The Kier molecular flexibility index (Phi) is 3.90. The maximum atomic E-state index is 12.7. The fourth-order valence-electron chi connectivity index (χ4n) is 2.66. The van der Waals surface area contributed by atoms with Crippen LogP contribution in [0.25, 0.3) is 0 Å². The third-order valence-corrected chi connectivity index (χ3v) is 3.74. The van der Waals surface area contributed by atoms with Gasteiger partial charge < -0.3 is 14.2 Å². The van der Waals surface area contributed by atoms with Crippen LogP contribution in [0.1, 0.15) is 29.0 Å². The van der Waals surface area contributed by atoms with Crippen LogP contribution >= 0.6 is 0 Å². The van der Waals surface area contributed by atoms with Gasteiger partial charge in [-0.25, -0.2) is 4.98 Å². The van der Waals surface area contributed by atoms with E-state index in [1.165, 1.54) is 0 Å². The van der Waals surface area contributed by atoms with Crippen LogP contribution in [0.15, 0.2) is 41.1 Å². The highest BCUT2D eigenvalue weighted by atomic mass is 16.3. The van der Waals surface area contributed by atoms with Crippen molar-refractivity contribution in [2.75, 3.05) is 25.0 Å². The molecule has 5 nitrogen and oxygen atoms in total. The lowest BCUT2D eigenvalue weighted by Crippen LogP contribution is -2.29. The number of aromatic nitrogens is 1. The van der Waals surface area contributed by atoms with E-state index in [0.717, 1.165) is 37.5 Å². The number of rotatable bonds is 4. The molecule has 1 aliphatic rings. The number of carbonyl (C=O) groups is 1. The van der Waals surface area contributed by atoms with Crippen LogP contribution in [0.3, 0.4) is 0 Å². The molecule has 1 saturated heterocycles. The number of hydrogen-bond acceptors (Lipinski definition) is 4. The lowest BCUT2D eigenvalue weighted by Gasteiger charge is -2.22. The summed E-state index contributed by atoms with van der Waals surface area (Å²) < 4.78 is 5.30. The monoisotopic (exact) mass is 285 g/mol. The zero-order valence-corrected chi connectivity index (χ0v) is 12.2. The first-order chi connectivity index (χ1) is 10.3. The van der Waals surface area contributed by atoms with Crippen LogP contribution in [0, 0.1) is 0 Å². The molecule has 2 aromatic heterocycles. The first-order valence-corrected chi connectivity index (χ1v) is 7.23. The summed E-state index contributed by atoms with van der Waals surface area (Å²) in [4.78, 5) is 20.9. The summed E-state index contributed by atoms with van der Waals surface area (Å²) in [6, 6.07) is 7.36. The lowest BCUT2D eigenvalue weighted by molar-refractivity contribution is 0.0775. The minimum atomic E-state index is -0.0265. The number of carbonyl (C=O) groups excluding carboxylic acids is 1. The Morgan fingerprint density at radius 3 is 2.86 bits per heavy atom. The second-order valence-corrected chi connectivity index (χ2v) is 5.31. The average molecular weight is 285 g/mol. The van der Waals surface area contributed by atoms with Crippen LogP contribution in [0.4, 0.5) is 5.82 Å². The summed E-state index contributed by atoms with van der Waals surface area (Å²) in [7, 11) is 1.78. The second kappa shape index (κ2) is 5.99. The van der Waals surface area contributed by atoms with Gasteiger partial charge in [-0.2, -0.15) is 0 Å². The van der Waals surface area contributed by atoms with Crippen molar-refractivity contribution in [1.29, 1.82) is 0 Å². The fourth-order valence-corrected chi connectivity index (χ4v) is 2.66. The van der Waals surface area contributed by atoms with Crippen molar-refractivity contribution in [3.05, 3.63) is 48.0 Å². The molecule has 1 aliphatic heterocycles. The second-order valence-electron chi connectivity index (χ2n) is 5.31. The first-order valence-electron chi connectivity index (χ1n) is 7.23. The Balaban J connectivity index is 1.80. The Bertz CT molecular complexity index is 604. The van der Waals surface area contributed by atoms with Gasteiger partial charge in [0.1, 0.15) is 11.6 Å². The van der Waals surface area contributed by atoms with Gasteiger partial charge in [-0.05, 0) is 37.1 Å². The Hall–Kier alpha value is -2.30. The number of amides is 1. The van der Waals surface area contributed by atoms with Gasteiger partial charge in [-0.1, -0.05) is 0 Å². The smallest absolute Gasteiger partial charge is 0.257 e. The molecule has 0 spiro atoms. The van der Waals surface area contributed by atoms with E-state index in [4.69, 9.17) is 4.42 Å². The van der Waals surface area contributed by atoms with E-state index in [2.05, 4.69) is 9.88 Å². The summed E-state index contributed by atoms with van der Waals surface area (Å²) >= 11 is 0. The molecule has 0 saturated carbocycles. The van der Waals surface area contributed by atoms with Gasteiger partial charge in [0.2, 0.25) is 0 Å². The largest absolute Gasteiger partial charge is 0.467 e. The quantitative estimate of drug-likeness (QED) is 0.866. The van der Waals surface area contributed by atoms with E-state index < -0.39 is 0 Å². The summed E-state index contributed by atoms with van der Waals surface area (Å²) in [5.74, 6) is 1.55. The van der Waals surface area contributed by atoms with Gasteiger partial charge in [0.25, 0.3) is 5.91 Å². The fraction of sp³-hybridized carbons (Fsp3) is 0.375. The number of nitrogens with zero attached hydrogens (tertiary/aromatic N) is 3. The normalized spacial score (nSPS) is 14.4. The molecule has 1 fully saturated rings. The van der Waals surface area contributed by atoms with E-state index in [9.17, 15) is 4.79 Å². The predicted octanol–water partition coefficient (Wildman–Crippen LogP) is 2.55. The highest BCUT2D eigenvalue weighted by Crippen LogP contribution is 2.23. The first kappa shape index (κ1) is 13.7. The molecular weight excluding hydrogens is 266 g/mol. The van der Waals surface area contributed by atoms with E-state index >= 15 is 0 Å². The molecule has 5 heteroatoms. The molecule has 0 N–H and O–H groups in total. The summed E-state index contributed by atoms with van der Waals surface area (Å²) in [5, 5.41) is 0. The van der Waals surface area contributed by atoms with Crippen molar-refractivity contribution >= 4 is 11.7 Å². The van der Waals surface area contributed by atoms with Crippen molar-refractivity contribution in [3.8, 4) is 0 Å². The molecular formula is C16H19N3O2. The van der Waals surface area contributed by atoms with E-state index in [-0.39, 0.29) is 5.91 Å². The number of furan rings is 1. The van der Waals surface area contributed by atoms with Gasteiger partial charge in [0.15, 0.2) is 0 Å². The third-order valence-electron chi connectivity index (χ3n) is 3.74. The zero-order valence-electron chi connectivity index (χ0n) is 12.2. The minimum absolute atomic E-state index is 0.0265. The zero-order chi connectivity index (χ0) is 14.7. The van der Waals surface area contributed by atoms with Gasteiger partial charge in [0, 0.05) is 26.3 Å². The van der Waals surface area contributed by atoms with Crippen LogP contribution in [0.2, 0.25) is 0 Å². The summed E-state index contributed by atoms with van der Waals surface area (Å²) in [6.45, 7) is 2.40. The number of pyridine rings is 1. The van der Waals surface area contributed by atoms with Gasteiger partial charge in [-0.15, -0.1) is 0 Å². The van der Waals surface area contributed by atoms with Crippen molar-refractivity contribution in [2.45, 2.75) is 19.4 Å². The molecule has 21 heavy (non-hydrogen) atoms. The predicted molar refractivity (Wildman–Crippen MR) is 80.2 cm³/mol. The SMILES string of the molecule is CN(Cc1ccco1)C(=O)c1cccnc1N1CCCC1. The van der Waals surface area contributed by atoms with Crippen molar-refractivity contribution < 1.29 is 9.21 Å². The maximum absolute atomic E-state index is 12.7. The highest BCUT2D eigenvalue weighted by Gasteiger charge is 2.22. The van der Waals surface area contributed by atoms with Gasteiger partial charge >= 0.3 is 0 Å². The van der Waals surface area contributed by atoms with Gasteiger partial charge in [0.05, 0.1) is 18.4 Å². The van der Waals surface area contributed by atoms with Crippen molar-refractivity contribution in [1.82, 2.24) is 9.88 Å². The highest BCUT2D eigenvalue weighted by molar-refractivity contribution is 5.98. The molecule has 3 heterocycles. The summed E-state index contributed by atoms with van der Waals surface area (Å²) in [5.41, 5.74) is 0.661. The average Bonchev–Trinajstić information content (AvgIpc) is 3.19. The molecule has 0 unspecified atom stereocenters. The van der Waals surface area contributed by atoms with Crippen LogP contribution in [-0.2, 0) is 6.54 Å². The third kappa shape index (κ3) is 2.91. The summed E-state index contributed by atoms with van der Waals surface area (Å²) in [6.07, 6.45) is 5.68. The van der Waals surface area contributed by atoms with E-state index in [1.54, 1.807) is 24.4 Å². The molecule has 2 aromatic rings. The lowest BCUT2D eigenvalue weighted by atomic mass is 10.2. The molecule has 1 amide bonds. The minimum Gasteiger partial charge on any atom is -0.467 e. The Morgan fingerprint density at radius 1 is 1.33 bits per heavy atom. The number of anilines is 1. The molecule has 0 bridgehead atoms. The van der Waals surface area contributed by atoms with Crippen LogP contribution in [0.5, 0.6) is 0 Å². The van der Waals surface area contributed by atoms with E-state index in [1.807, 2.05) is 24.3 Å². The van der Waals surface area contributed by atoms with E-state index in [0.29, 0.717) is 12.1 Å². The molecule has 0 radical (unpaired) electrons. The molecule has 0 aromatic carbocycles. The van der Waals surface area contributed by atoms with Gasteiger partial charge in [-0.3, -0.25) is 4.79 Å². The number of hydrogen-bond donors (Lipinski definition) is 0. The van der Waals surface area contributed by atoms with Crippen molar-refractivity contribution in [3.63, 3.8) is 0 Å². The topological polar surface area (TPSA) is 49.6 Å². The maximum Gasteiger partial charge on any atom is 0.257 e. The molecule has 0 aliphatic carbocycles. The van der Waals surface area contributed by atoms with Crippen molar-refractivity contribution in [2.24, 2.45) is 0 Å². The van der Waals surface area contributed by atoms with Crippen LogP contribution in [-0.4, -0.2) is 35.9 Å². The van der Waals surface area contributed by atoms with Crippen LogP contribution < -0.4 is 4.90 Å². The standard InChI is InChI=1S/C16H19N3O2/c1-18(12-13-6-5-11-21-13)16(20)14-7-4-8-17-15(14)19-9-2-3-10-19/h4-8,11H,2-3,9-10,12H2,1H3. The molecule has 110 valence electrons. The molecule has 3 rings (SSSR count). The Labute approximate surface area is 124 Å².